The normalized spacial score (nSPS) is 16.1. The van der Waals surface area contributed by atoms with Crippen molar-refractivity contribution in [2.45, 2.75) is 0 Å². The highest BCUT2D eigenvalue weighted by atomic mass is 32.4. The predicted molar refractivity (Wildman–Crippen MR) is 167 cm³/mol. The molecule has 1 aromatic heterocycles. The molecule has 190 valence electrons. The van der Waals surface area contributed by atoms with E-state index in [4.69, 9.17) is 21.3 Å². The lowest BCUT2D eigenvalue weighted by molar-refractivity contribution is 0.468. The largest absolute Gasteiger partial charge is 0.456 e. The lowest BCUT2D eigenvalue weighted by Crippen LogP contribution is -2.35. The maximum absolute atomic E-state index is 6.82. The summed E-state index contributed by atoms with van der Waals surface area (Å²) in [6.07, 6.45) is 3.65. The van der Waals surface area contributed by atoms with Gasteiger partial charge in [0.05, 0.1) is 11.3 Å². The molecule has 0 saturated carbocycles. The van der Waals surface area contributed by atoms with E-state index < -0.39 is 6.04 Å². The minimum atomic E-state index is -2.52. The highest BCUT2D eigenvalue weighted by Crippen LogP contribution is 2.60. The summed E-state index contributed by atoms with van der Waals surface area (Å²) >= 11 is 6.82. The van der Waals surface area contributed by atoms with Gasteiger partial charge in [-0.15, -0.1) is 0 Å². The Morgan fingerprint density at radius 2 is 1.12 bits per heavy atom. The first-order valence-corrected chi connectivity index (χ1v) is 15.9. The van der Waals surface area contributed by atoms with E-state index in [1.54, 1.807) is 6.20 Å². The van der Waals surface area contributed by atoms with Crippen molar-refractivity contribution in [3.05, 3.63) is 134 Å². The van der Waals surface area contributed by atoms with Crippen LogP contribution in [0.3, 0.4) is 0 Å². The molecular weight excluding hydrogens is 529 g/mol. The van der Waals surface area contributed by atoms with Crippen molar-refractivity contribution in [3.63, 3.8) is 0 Å². The van der Waals surface area contributed by atoms with Crippen molar-refractivity contribution in [1.29, 1.82) is 0 Å². The molecule has 0 bridgehead atoms. The van der Waals surface area contributed by atoms with Gasteiger partial charge in [0.15, 0.2) is 0 Å². The summed E-state index contributed by atoms with van der Waals surface area (Å²) in [5, 5.41) is 3.08. The highest BCUT2D eigenvalue weighted by molar-refractivity contribution is 8.26. The molecule has 0 saturated heterocycles. The first-order valence-electron chi connectivity index (χ1n) is 13.1. The van der Waals surface area contributed by atoms with Crippen LogP contribution in [0.1, 0.15) is 0 Å². The Morgan fingerprint density at radius 1 is 0.525 bits per heavy atom. The van der Waals surface area contributed by atoms with Crippen molar-refractivity contribution >= 4 is 33.8 Å². The molecule has 1 unspecified atom stereocenters. The Kier molecular flexibility index (Phi) is 5.28. The third-order valence-electron chi connectivity index (χ3n) is 7.63. The van der Waals surface area contributed by atoms with Gasteiger partial charge in [-0.3, -0.25) is 4.98 Å². The van der Waals surface area contributed by atoms with E-state index in [1.807, 2.05) is 30.5 Å². The molecule has 1 atom stereocenters. The predicted octanol–water partition coefficient (Wildman–Crippen LogP) is 8.05. The van der Waals surface area contributed by atoms with Crippen LogP contribution in [-0.2, 0) is 11.8 Å². The van der Waals surface area contributed by atoms with Gasteiger partial charge in [0.1, 0.15) is 23.0 Å². The molecule has 5 heteroatoms. The molecule has 5 aromatic carbocycles. The minimum Gasteiger partial charge on any atom is -0.456 e. The third-order valence-corrected chi connectivity index (χ3v) is 12.5. The summed E-state index contributed by atoms with van der Waals surface area (Å²) in [4.78, 5) is 4.37. The summed E-state index contributed by atoms with van der Waals surface area (Å²) < 4.78 is 13.4. The van der Waals surface area contributed by atoms with Gasteiger partial charge in [-0.2, -0.15) is 0 Å². The third kappa shape index (κ3) is 3.50. The zero-order chi connectivity index (χ0) is 26.7. The van der Waals surface area contributed by atoms with Gasteiger partial charge in [0.2, 0.25) is 0 Å². The Hall–Kier alpha value is -4.50. The maximum Gasteiger partial charge on any atom is 0.148 e. The first-order chi connectivity index (χ1) is 19.7. The molecule has 0 aliphatic carbocycles. The molecule has 2 aliphatic heterocycles. The van der Waals surface area contributed by atoms with Crippen LogP contribution in [0.5, 0.6) is 23.0 Å². The average Bonchev–Trinajstić information content (AvgIpc) is 3.02. The number of pyridine rings is 1. The van der Waals surface area contributed by atoms with Gasteiger partial charge in [0, 0.05) is 34.1 Å². The van der Waals surface area contributed by atoms with Crippen LogP contribution >= 0.6 is 6.04 Å². The van der Waals surface area contributed by atoms with Crippen LogP contribution in [0.25, 0.3) is 33.4 Å². The molecule has 0 spiro atoms. The fraction of sp³-hybridized carbons (Fsp3) is 0. The number of hydrogen-bond donors (Lipinski definition) is 0. The van der Waals surface area contributed by atoms with E-state index in [1.165, 1.54) is 0 Å². The van der Waals surface area contributed by atoms with Gasteiger partial charge < -0.3 is 9.47 Å². The van der Waals surface area contributed by atoms with Crippen LogP contribution in [0, 0.1) is 0 Å². The Bertz CT molecular complexity index is 1960. The van der Waals surface area contributed by atoms with Crippen LogP contribution in [0.2, 0.25) is 0 Å². The number of rotatable bonds is 3. The van der Waals surface area contributed by atoms with Gasteiger partial charge in [-0.25, -0.2) is 0 Å². The zero-order valence-corrected chi connectivity index (χ0v) is 23.0. The van der Waals surface area contributed by atoms with Crippen molar-refractivity contribution in [2.75, 3.05) is 0 Å². The first kappa shape index (κ1) is 23.4. The zero-order valence-electron chi connectivity index (χ0n) is 21.3. The van der Waals surface area contributed by atoms with Gasteiger partial charge in [-0.1, -0.05) is 90.7 Å². The van der Waals surface area contributed by atoms with E-state index in [0.29, 0.717) is 0 Å². The smallest absolute Gasteiger partial charge is 0.148 e. The van der Waals surface area contributed by atoms with E-state index in [9.17, 15) is 0 Å². The second-order valence-electron chi connectivity index (χ2n) is 9.94. The van der Waals surface area contributed by atoms with Crippen LogP contribution in [-0.4, -0.2) is 4.98 Å². The number of benzene rings is 5. The molecule has 40 heavy (non-hydrogen) atoms. The van der Waals surface area contributed by atoms with Gasteiger partial charge in [0.25, 0.3) is 0 Å². The van der Waals surface area contributed by atoms with Crippen LogP contribution < -0.4 is 25.4 Å². The SMILES string of the molecule is S=P12c3ccc(-c4ccccc4)cc3Oc3ccc(-c4cccnc4)c(c31)Oc1cc(-c3ccccc3)ccc12. The second kappa shape index (κ2) is 9.02. The topological polar surface area (TPSA) is 31.4 Å². The summed E-state index contributed by atoms with van der Waals surface area (Å²) in [5.41, 5.74) is 6.42. The van der Waals surface area contributed by atoms with Crippen molar-refractivity contribution < 1.29 is 9.47 Å². The minimum absolute atomic E-state index is 0.765. The number of nitrogens with zero attached hydrogens (tertiary/aromatic N) is 1. The summed E-state index contributed by atoms with van der Waals surface area (Å²) in [7, 11) is 0. The highest BCUT2D eigenvalue weighted by Gasteiger charge is 2.43. The molecule has 6 aromatic rings. The van der Waals surface area contributed by atoms with E-state index in [-0.39, 0.29) is 0 Å². The average molecular weight is 552 g/mol. The maximum atomic E-state index is 6.82. The monoisotopic (exact) mass is 551 g/mol. The standard InChI is InChI=1S/C35H22NO2PS/c40-39-32-17-13-25(23-8-3-1-4-9-23)20-30(32)37-29-16-15-28(27-12-7-19-36-22-27)34(35(29)39)38-31-21-26(14-18-33(31)39)24-10-5-2-6-11-24/h1-22H. The van der Waals surface area contributed by atoms with E-state index in [2.05, 4.69) is 102 Å². The van der Waals surface area contributed by atoms with Crippen LogP contribution in [0.4, 0.5) is 0 Å². The van der Waals surface area contributed by atoms with E-state index in [0.717, 1.165) is 72.3 Å². The molecule has 0 N–H and O–H groups in total. The Balaban J connectivity index is 1.39. The fourth-order valence-electron chi connectivity index (χ4n) is 5.72. The molecule has 8 rings (SSSR count). The number of aromatic nitrogens is 1. The molecule has 2 aliphatic rings. The van der Waals surface area contributed by atoms with Gasteiger partial charge in [-0.05, 0) is 64.7 Å². The van der Waals surface area contributed by atoms with Gasteiger partial charge >= 0.3 is 0 Å². The molecule has 3 heterocycles. The fourth-order valence-corrected chi connectivity index (χ4v) is 10.2. The number of fused-ring (bicyclic) bond motifs is 4. The lowest BCUT2D eigenvalue weighted by Gasteiger charge is -2.38. The van der Waals surface area contributed by atoms with Crippen molar-refractivity contribution in [3.8, 4) is 56.4 Å². The second-order valence-corrected chi connectivity index (χ2v) is 14.2. The van der Waals surface area contributed by atoms with Crippen molar-refractivity contribution in [2.24, 2.45) is 0 Å². The molecular formula is C35H22NO2PS. The number of hydrogen-bond acceptors (Lipinski definition) is 4. The summed E-state index contributed by atoms with van der Waals surface area (Å²) in [6.45, 7) is 0. The molecule has 0 radical (unpaired) electrons. The lowest BCUT2D eigenvalue weighted by atomic mass is 10.0. The van der Waals surface area contributed by atoms with Crippen molar-refractivity contribution in [1.82, 2.24) is 4.98 Å². The summed E-state index contributed by atoms with van der Waals surface area (Å²) in [6, 6.07) is 39.2. The molecule has 0 amide bonds. The van der Waals surface area contributed by atoms with Crippen LogP contribution in [0.15, 0.2) is 134 Å². The molecule has 0 fully saturated rings. The van der Waals surface area contributed by atoms with E-state index >= 15 is 0 Å². The quantitative estimate of drug-likeness (QED) is 0.208. The Labute approximate surface area is 237 Å². The summed E-state index contributed by atoms with van der Waals surface area (Å²) in [5.74, 6) is 3.16. The number of ether oxygens (including phenoxy) is 2. The molecule has 3 nitrogen and oxygen atoms in total. The Morgan fingerprint density at radius 3 is 1.73 bits per heavy atom.